The fraction of sp³-hybridized carbons (Fsp3) is 0.792. The van der Waals surface area contributed by atoms with Gasteiger partial charge in [0.2, 0.25) is 0 Å². The number of Topliss-reactive ketones (excluding diaryl/α,β-unsaturated/α-hetero) is 2. The molecular weight excluding hydrogens is 352 g/mol. The number of ether oxygens (including phenoxy) is 1. The molecule has 0 aromatic rings. The van der Waals surface area contributed by atoms with Crippen molar-refractivity contribution in [1.29, 1.82) is 0 Å². The van der Waals surface area contributed by atoms with Gasteiger partial charge >= 0.3 is 5.97 Å². The average molecular weight is 387 g/mol. The molecule has 4 aliphatic carbocycles. The predicted octanol–water partition coefficient (Wildman–Crippen LogP) is 4.66. The Labute approximate surface area is 168 Å². The van der Waals surface area contributed by atoms with Gasteiger partial charge in [0.05, 0.1) is 0 Å². The van der Waals surface area contributed by atoms with Crippen LogP contribution in [0.25, 0.3) is 0 Å². The zero-order valence-corrected chi connectivity index (χ0v) is 17.8. The highest BCUT2D eigenvalue weighted by molar-refractivity contribution is 5.97. The number of carbonyl (C=O) groups excluding carboxylic acids is 3. The number of rotatable bonds is 3. The molecule has 0 bridgehead atoms. The highest BCUT2D eigenvalue weighted by atomic mass is 16.5. The normalized spacial score (nSPS) is 44.8. The van der Waals surface area contributed by atoms with Crippen LogP contribution in [-0.2, 0) is 19.1 Å². The molecule has 0 unspecified atom stereocenters. The summed E-state index contributed by atoms with van der Waals surface area (Å²) in [7, 11) is 0. The van der Waals surface area contributed by atoms with Crippen molar-refractivity contribution in [2.24, 2.45) is 34.5 Å². The van der Waals surface area contributed by atoms with Gasteiger partial charge in [0.25, 0.3) is 0 Å². The number of hydrogen-bond acceptors (Lipinski definition) is 4. The molecule has 0 saturated heterocycles. The van der Waals surface area contributed by atoms with Crippen molar-refractivity contribution in [1.82, 2.24) is 0 Å². The molecule has 0 N–H and O–H groups in total. The van der Waals surface area contributed by atoms with Gasteiger partial charge in [0, 0.05) is 24.2 Å². The Bertz CT molecular complexity index is 737. The first-order valence-corrected chi connectivity index (χ1v) is 11.1. The van der Waals surface area contributed by atoms with Gasteiger partial charge in [-0.3, -0.25) is 14.4 Å². The van der Waals surface area contributed by atoms with E-state index in [9.17, 15) is 14.4 Å². The summed E-state index contributed by atoms with van der Waals surface area (Å²) >= 11 is 0. The van der Waals surface area contributed by atoms with Gasteiger partial charge in [0.1, 0.15) is 11.9 Å². The first-order valence-electron chi connectivity index (χ1n) is 11.1. The molecule has 0 aromatic carbocycles. The van der Waals surface area contributed by atoms with E-state index >= 15 is 0 Å². The summed E-state index contributed by atoms with van der Waals surface area (Å²) in [5.41, 5.74) is 0.642. The van der Waals surface area contributed by atoms with Crippen LogP contribution >= 0.6 is 0 Å². The zero-order chi connectivity index (χ0) is 20.3. The van der Waals surface area contributed by atoms with Gasteiger partial charge in [0.15, 0.2) is 5.78 Å². The maximum atomic E-state index is 13.5. The minimum atomic E-state index is -0.263. The van der Waals surface area contributed by atoms with Crippen molar-refractivity contribution in [3.05, 3.63) is 11.6 Å². The molecule has 28 heavy (non-hydrogen) atoms. The average Bonchev–Trinajstić information content (AvgIpc) is 2.98. The standard InChI is InChI=1S/C24H34O4/c1-5-21(27)28-16-10-11-23(3)15(12-16)6-7-17-19-9-8-18(14(2)25)24(19,4)13-20(26)22(17)23/h8,15-17,19,22H,5-7,9-13H2,1-4H3/t15-,16+,17+,19-,22-,23-,24+/m1/s1. The van der Waals surface area contributed by atoms with Crippen LogP contribution in [-0.4, -0.2) is 23.6 Å². The molecule has 3 saturated carbocycles. The van der Waals surface area contributed by atoms with E-state index in [0.29, 0.717) is 36.4 Å². The summed E-state index contributed by atoms with van der Waals surface area (Å²) in [6.45, 7) is 7.96. The third-order valence-corrected chi connectivity index (χ3v) is 8.85. The Morgan fingerprint density at radius 3 is 2.64 bits per heavy atom. The summed E-state index contributed by atoms with van der Waals surface area (Å²) in [5.74, 6) is 1.75. The summed E-state index contributed by atoms with van der Waals surface area (Å²) in [5, 5.41) is 0. The van der Waals surface area contributed by atoms with E-state index < -0.39 is 0 Å². The highest BCUT2D eigenvalue weighted by Gasteiger charge is 2.62. The maximum Gasteiger partial charge on any atom is 0.305 e. The van der Waals surface area contributed by atoms with E-state index in [1.807, 2.05) is 6.92 Å². The maximum absolute atomic E-state index is 13.5. The Balaban J connectivity index is 1.57. The molecule has 0 aliphatic heterocycles. The fourth-order valence-electron chi connectivity index (χ4n) is 7.53. The van der Waals surface area contributed by atoms with Gasteiger partial charge < -0.3 is 4.74 Å². The van der Waals surface area contributed by atoms with Crippen LogP contribution in [0.15, 0.2) is 11.6 Å². The number of carbonyl (C=O) groups is 3. The van der Waals surface area contributed by atoms with Crippen molar-refractivity contribution < 1.29 is 19.1 Å². The second-order valence-corrected chi connectivity index (χ2v) is 10.2. The van der Waals surface area contributed by atoms with Crippen LogP contribution in [0.3, 0.4) is 0 Å². The lowest BCUT2D eigenvalue weighted by molar-refractivity contribution is -0.167. The molecule has 0 heterocycles. The molecule has 7 atom stereocenters. The second kappa shape index (κ2) is 6.81. The second-order valence-electron chi connectivity index (χ2n) is 10.2. The number of esters is 1. The molecule has 3 fully saturated rings. The first-order chi connectivity index (χ1) is 13.2. The summed E-state index contributed by atoms with van der Waals surface area (Å²) in [6.07, 6.45) is 8.92. The number of ketones is 2. The molecule has 0 amide bonds. The number of fused-ring (bicyclic) bond motifs is 5. The van der Waals surface area contributed by atoms with Crippen LogP contribution in [0.5, 0.6) is 0 Å². The monoisotopic (exact) mass is 386 g/mol. The Hall–Kier alpha value is -1.45. The van der Waals surface area contributed by atoms with Gasteiger partial charge in [-0.25, -0.2) is 0 Å². The quantitative estimate of drug-likeness (QED) is 0.662. The summed E-state index contributed by atoms with van der Waals surface area (Å²) < 4.78 is 5.65. The van der Waals surface area contributed by atoms with Crippen molar-refractivity contribution in [3.8, 4) is 0 Å². The minimum Gasteiger partial charge on any atom is -0.462 e. The highest BCUT2D eigenvalue weighted by Crippen LogP contribution is 2.65. The van der Waals surface area contributed by atoms with E-state index in [1.165, 1.54) is 0 Å². The minimum absolute atomic E-state index is 0.00935. The van der Waals surface area contributed by atoms with Crippen molar-refractivity contribution >= 4 is 17.5 Å². The molecule has 0 spiro atoms. The fourth-order valence-corrected chi connectivity index (χ4v) is 7.53. The van der Waals surface area contributed by atoms with E-state index in [2.05, 4.69) is 19.9 Å². The van der Waals surface area contributed by atoms with Crippen LogP contribution < -0.4 is 0 Å². The summed E-state index contributed by atoms with van der Waals surface area (Å²) in [6, 6.07) is 0. The molecular formula is C24H34O4. The van der Waals surface area contributed by atoms with E-state index in [4.69, 9.17) is 4.74 Å². The topological polar surface area (TPSA) is 60.4 Å². The van der Waals surface area contributed by atoms with Crippen LogP contribution in [0.4, 0.5) is 0 Å². The van der Waals surface area contributed by atoms with E-state index in [1.54, 1.807) is 6.92 Å². The first kappa shape index (κ1) is 19.8. The third-order valence-electron chi connectivity index (χ3n) is 8.85. The predicted molar refractivity (Wildman–Crippen MR) is 106 cm³/mol. The summed E-state index contributed by atoms with van der Waals surface area (Å²) in [4.78, 5) is 37.4. The molecule has 4 rings (SSSR count). The van der Waals surface area contributed by atoms with Gasteiger partial charge in [-0.2, -0.15) is 0 Å². The van der Waals surface area contributed by atoms with Gasteiger partial charge in [-0.1, -0.05) is 26.8 Å². The zero-order valence-electron chi connectivity index (χ0n) is 17.8. The van der Waals surface area contributed by atoms with Crippen LogP contribution in [0.1, 0.15) is 79.1 Å². The largest absolute Gasteiger partial charge is 0.462 e. The molecule has 4 heteroatoms. The molecule has 4 nitrogen and oxygen atoms in total. The third kappa shape index (κ3) is 2.81. The number of hydrogen-bond donors (Lipinski definition) is 0. The van der Waals surface area contributed by atoms with Crippen LogP contribution in [0.2, 0.25) is 0 Å². The molecule has 0 radical (unpaired) electrons. The van der Waals surface area contributed by atoms with E-state index in [-0.39, 0.29) is 34.6 Å². The van der Waals surface area contributed by atoms with Crippen molar-refractivity contribution in [2.45, 2.75) is 85.2 Å². The van der Waals surface area contributed by atoms with Gasteiger partial charge in [-0.05, 0) is 74.2 Å². The lowest BCUT2D eigenvalue weighted by atomic mass is 9.44. The Morgan fingerprint density at radius 2 is 1.96 bits per heavy atom. The van der Waals surface area contributed by atoms with Crippen molar-refractivity contribution in [2.75, 3.05) is 0 Å². The molecule has 4 aliphatic rings. The SMILES string of the molecule is CCC(=O)O[C@H]1CC[C@]2(C)[C@H](CC[C@H]3[C@H]4CC=C(C(C)=O)[C@]4(C)CC(=O)[C@@H]32)C1. The Kier molecular flexibility index (Phi) is 4.83. The molecule has 154 valence electrons. The Morgan fingerprint density at radius 1 is 1.21 bits per heavy atom. The lowest BCUT2D eigenvalue weighted by Crippen LogP contribution is -2.57. The number of allylic oxidation sites excluding steroid dienone is 2. The smallest absolute Gasteiger partial charge is 0.305 e. The molecule has 0 aromatic heterocycles. The lowest BCUT2D eigenvalue weighted by Gasteiger charge is -2.59. The van der Waals surface area contributed by atoms with Gasteiger partial charge in [-0.15, -0.1) is 0 Å². The van der Waals surface area contributed by atoms with Crippen molar-refractivity contribution in [3.63, 3.8) is 0 Å². The van der Waals surface area contributed by atoms with Crippen LogP contribution in [0, 0.1) is 34.5 Å². The van der Waals surface area contributed by atoms with E-state index in [0.717, 1.165) is 44.1 Å².